The van der Waals surface area contributed by atoms with Gasteiger partial charge in [0.25, 0.3) is 0 Å². The Morgan fingerprint density at radius 2 is 0.941 bits per heavy atom. The summed E-state index contributed by atoms with van der Waals surface area (Å²) in [4.78, 5) is 30.5. The highest BCUT2D eigenvalue weighted by Crippen LogP contribution is 2.15. The van der Waals surface area contributed by atoms with E-state index in [1.165, 1.54) is 16.7 Å². The summed E-state index contributed by atoms with van der Waals surface area (Å²) in [5, 5.41) is 53.7. The Kier molecular flexibility index (Phi) is 12.5. The topological polar surface area (TPSA) is 218 Å². The van der Waals surface area contributed by atoms with Gasteiger partial charge in [-0.1, -0.05) is 0 Å². The van der Waals surface area contributed by atoms with E-state index in [4.69, 9.17) is 20.4 Å². The predicted molar refractivity (Wildman–Crippen MR) is 121 cm³/mol. The maximum absolute atomic E-state index is 10.3. The van der Waals surface area contributed by atoms with Crippen molar-refractivity contribution in [1.29, 1.82) is 0 Å². The van der Waals surface area contributed by atoms with Crippen molar-refractivity contribution in [3.63, 3.8) is 0 Å². The van der Waals surface area contributed by atoms with Gasteiger partial charge in [-0.25, -0.2) is 4.79 Å². The minimum absolute atomic E-state index is 1.14. The number of nitrogens with zero attached hydrogens (tertiary/aromatic N) is 3. The van der Waals surface area contributed by atoms with Gasteiger partial charge in [0.15, 0.2) is 5.60 Å². The van der Waals surface area contributed by atoms with Crippen molar-refractivity contribution >= 4 is 17.9 Å². The number of aromatic nitrogens is 6. The second kappa shape index (κ2) is 14.2. The standard InChI is InChI=1S/C6H8O7.3C5H8N2/c7-3(8)1-6(13,5(11)12)2-4(9)10;3*1-4-3-6-7-5(4)2/h13H,1-2H2,(H,7,8)(H,9,10)(H,11,12);3*3H,1-2H3,(H,6,7). The molecule has 0 atom stereocenters. The van der Waals surface area contributed by atoms with Crippen LogP contribution in [0.15, 0.2) is 18.6 Å². The second-order valence-electron chi connectivity index (χ2n) is 7.51. The van der Waals surface area contributed by atoms with Gasteiger partial charge in [-0.15, -0.1) is 0 Å². The summed E-state index contributed by atoms with van der Waals surface area (Å²) in [6.07, 6.45) is 3.16. The van der Waals surface area contributed by atoms with Crippen LogP contribution in [0.4, 0.5) is 0 Å². The lowest BCUT2D eigenvalue weighted by atomic mass is 9.96. The molecule has 3 rings (SSSR count). The van der Waals surface area contributed by atoms with Crippen molar-refractivity contribution in [1.82, 2.24) is 30.6 Å². The molecule has 0 amide bonds. The molecule has 0 aromatic carbocycles. The Balaban J connectivity index is 0.000000445. The summed E-state index contributed by atoms with van der Waals surface area (Å²) in [6.45, 7) is 12.1. The van der Waals surface area contributed by atoms with E-state index in [1.54, 1.807) is 0 Å². The molecule has 0 fully saturated rings. The van der Waals surface area contributed by atoms with E-state index in [0.717, 1.165) is 17.1 Å². The molecule has 3 heterocycles. The number of carbonyl (C=O) groups is 3. The molecule has 3 aromatic rings. The quantitative estimate of drug-likeness (QED) is 0.281. The van der Waals surface area contributed by atoms with Crippen LogP contribution in [0, 0.1) is 41.5 Å². The molecule has 0 aliphatic heterocycles. The van der Waals surface area contributed by atoms with Crippen molar-refractivity contribution in [3.8, 4) is 0 Å². The van der Waals surface area contributed by atoms with Gasteiger partial charge in [-0.3, -0.25) is 24.9 Å². The first-order valence-electron chi connectivity index (χ1n) is 9.98. The molecule has 0 saturated carbocycles. The third-order valence-corrected chi connectivity index (χ3v) is 4.53. The fraction of sp³-hybridized carbons (Fsp3) is 0.429. The van der Waals surface area contributed by atoms with Gasteiger partial charge >= 0.3 is 17.9 Å². The first kappa shape index (κ1) is 30.0. The monoisotopic (exact) mass is 480 g/mol. The Bertz CT molecular complexity index is 897. The van der Waals surface area contributed by atoms with Gasteiger partial charge in [0.1, 0.15) is 0 Å². The lowest BCUT2D eigenvalue weighted by molar-refractivity contribution is -0.170. The minimum atomic E-state index is -2.74. The van der Waals surface area contributed by atoms with E-state index in [9.17, 15) is 14.4 Å². The Hall–Kier alpha value is -4.00. The summed E-state index contributed by atoms with van der Waals surface area (Å²) in [6, 6.07) is 0. The third kappa shape index (κ3) is 11.6. The second-order valence-corrected chi connectivity index (χ2v) is 7.51. The predicted octanol–water partition coefficient (Wildman–Crippen LogP) is 1.83. The molecule has 0 saturated heterocycles. The summed E-state index contributed by atoms with van der Waals surface area (Å²) in [7, 11) is 0. The molecule has 13 heteroatoms. The number of aliphatic hydroxyl groups is 1. The first-order chi connectivity index (χ1) is 15.7. The fourth-order valence-corrected chi connectivity index (χ4v) is 1.95. The molecular weight excluding hydrogens is 448 g/mol. The van der Waals surface area contributed by atoms with Crippen LogP contribution in [0.1, 0.15) is 46.6 Å². The van der Waals surface area contributed by atoms with Gasteiger partial charge in [0.2, 0.25) is 0 Å². The molecule has 3 aromatic heterocycles. The highest BCUT2D eigenvalue weighted by molar-refractivity contribution is 5.88. The van der Waals surface area contributed by atoms with Crippen LogP contribution in [0.5, 0.6) is 0 Å². The van der Waals surface area contributed by atoms with Crippen molar-refractivity contribution in [2.75, 3.05) is 0 Å². The zero-order valence-corrected chi connectivity index (χ0v) is 20.0. The number of hydrogen-bond acceptors (Lipinski definition) is 7. The zero-order valence-electron chi connectivity index (χ0n) is 20.0. The molecule has 0 aliphatic carbocycles. The average molecular weight is 481 g/mol. The maximum Gasteiger partial charge on any atom is 0.336 e. The van der Waals surface area contributed by atoms with Crippen LogP contribution < -0.4 is 0 Å². The van der Waals surface area contributed by atoms with E-state index in [2.05, 4.69) is 30.6 Å². The summed E-state index contributed by atoms with van der Waals surface area (Å²) < 4.78 is 0. The normalized spacial score (nSPS) is 9.97. The number of hydrogen-bond donors (Lipinski definition) is 7. The third-order valence-electron chi connectivity index (χ3n) is 4.53. The van der Waals surface area contributed by atoms with Crippen LogP contribution in [0.3, 0.4) is 0 Å². The van der Waals surface area contributed by atoms with Gasteiger partial charge in [-0.2, -0.15) is 15.3 Å². The Labute approximate surface area is 196 Å². The minimum Gasteiger partial charge on any atom is -0.481 e. The van der Waals surface area contributed by atoms with Gasteiger partial charge in [0, 0.05) is 17.1 Å². The number of rotatable bonds is 5. The van der Waals surface area contributed by atoms with E-state index < -0.39 is 36.4 Å². The number of carboxylic acid groups (broad SMARTS) is 3. The van der Waals surface area contributed by atoms with Crippen LogP contribution >= 0.6 is 0 Å². The fourth-order valence-electron chi connectivity index (χ4n) is 1.95. The highest BCUT2D eigenvalue weighted by Gasteiger charge is 2.40. The summed E-state index contributed by atoms with van der Waals surface area (Å²) in [5.41, 5.74) is 4.39. The lowest BCUT2D eigenvalue weighted by Crippen LogP contribution is -2.42. The van der Waals surface area contributed by atoms with Gasteiger partial charge in [-0.05, 0) is 58.2 Å². The van der Waals surface area contributed by atoms with Crippen LogP contribution in [0.25, 0.3) is 0 Å². The van der Waals surface area contributed by atoms with Crippen molar-refractivity contribution < 1.29 is 34.8 Å². The SMILES string of the molecule is Cc1cn[nH]c1C.Cc1cn[nH]c1C.Cc1cn[nH]c1C.O=C(O)CC(O)(CC(=O)O)C(=O)O. The molecule has 188 valence electrons. The summed E-state index contributed by atoms with van der Waals surface area (Å²) in [5.74, 6) is -5.02. The van der Waals surface area contributed by atoms with Crippen LogP contribution in [-0.4, -0.2) is 74.5 Å². The number of nitrogens with one attached hydrogen (secondary N) is 3. The number of aryl methyl sites for hydroxylation is 6. The van der Waals surface area contributed by atoms with E-state index in [1.807, 2.05) is 60.1 Å². The molecule has 0 bridgehead atoms. The van der Waals surface area contributed by atoms with Gasteiger partial charge < -0.3 is 20.4 Å². The maximum atomic E-state index is 10.3. The van der Waals surface area contributed by atoms with Crippen molar-refractivity contribution in [2.24, 2.45) is 0 Å². The van der Waals surface area contributed by atoms with E-state index in [0.29, 0.717) is 0 Å². The molecule has 34 heavy (non-hydrogen) atoms. The number of aromatic amines is 3. The average Bonchev–Trinajstić information content (AvgIpc) is 3.39. The molecule has 0 radical (unpaired) electrons. The zero-order chi connectivity index (χ0) is 26.5. The van der Waals surface area contributed by atoms with Crippen molar-refractivity contribution in [3.05, 3.63) is 52.4 Å². The van der Waals surface area contributed by atoms with Crippen LogP contribution in [0.2, 0.25) is 0 Å². The Morgan fingerprint density at radius 3 is 1.03 bits per heavy atom. The number of H-pyrrole nitrogens is 3. The first-order valence-corrected chi connectivity index (χ1v) is 9.98. The lowest BCUT2D eigenvalue weighted by Gasteiger charge is -2.18. The smallest absolute Gasteiger partial charge is 0.336 e. The molecule has 0 spiro atoms. The molecular formula is C21H32N6O7. The van der Waals surface area contributed by atoms with E-state index in [-0.39, 0.29) is 0 Å². The van der Waals surface area contributed by atoms with Crippen LogP contribution in [-0.2, 0) is 14.4 Å². The van der Waals surface area contributed by atoms with Gasteiger partial charge in [0.05, 0.1) is 31.4 Å². The molecule has 13 nitrogen and oxygen atoms in total. The van der Waals surface area contributed by atoms with Crippen molar-refractivity contribution in [2.45, 2.75) is 60.0 Å². The summed E-state index contributed by atoms with van der Waals surface area (Å²) >= 11 is 0. The number of carboxylic acids is 3. The highest BCUT2D eigenvalue weighted by atomic mass is 16.4. The largest absolute Gasteiger partial charge is 0.481 e. The molecule has 0 aliphatic rings. The number of aliphatic carboxylic acids is 3. The molecule has 7 N–H and O–H groups in total. The van der Waals surface area contributed by atoms with E-state index >= 15 is 0 Å². The molecule has 0 unspecified atom stereocenters. The Morgan fingerprint density at radius 1 is 0.676 bits per heavy atom.